The Kier molecular flexibility index (Phi) is 1.40. The van der Waals surface area contributed by atoms with Crippen molar-refractivity contribution in [2.45, 2.75) is 25.7 Å². The van der Waals surface area contributed by atoms with Crippen molar-refractivity contribution < 1.29 is 0 Å². The summed E-state index contributed by atoms with van der Waals surface area (Å²) in [6.45, 7) is 2.01. The van der Waals surface area contributed by atoms with Gasteiger partial charge in [0.1, 0.15) is 5.65 Å². The Morgan fingerprint density at radius 2 is 2.21 bits per heavy atom. The maximum absolute atomic E-state index is 5.85. The second-order valence-electron chi connectivity index (χ2n) is 4.12. The molecule has 2 aromatic rings. The van der Waals surface area contributed by atoms with E-state index in [1.807, 2.05) is 23.7 Å². The largest absolute Gasteiger partial charge is 0.398 e. The number of pyridine rings is 1. The molecule has 0 saturated heterocycles. The van der Waals surface area contributed by atoms with Crippen LogP contribution in [0.15, 0.2) is 18.5 Å². The smallest absolute Gasteiger partial charge is 0.140 e. The molecule has 0 amide bonds. The number of rotatable bonds is 1. The molecule has 3 rings (SSSR count). The Balaban J connectivity index is 2.33. The first-order chi connectivity index (χ1) is 6.74. The van der Waals surface area contributed by atoms with Crippen molar-refractivity contribution in [1.29, 1.82) is 0 Å². The molecule has 3 nitrogen and oxygen atoms in total. The molecule has 2 aromatic heterocycles. The van der Waals surface area contributed by atoms with Gasteiger partial charge in [-0.15, -0.1) is 0 Å². The van der Waals surface area contributed by atoms with E-state index in [-0.39, 0.29) is 0 Å². The third kappa shape index (κ3) is 1.09. The average molecular weight is 187 g/mol. The van der Waals surface area contributed by atoms with Crippen LogP contribution in [0.3, 0.4) is 0 Å². The quantitative estimate of drug-likeness (QED) is 0.743. The number of nitrogens with zero attached hydrogens (tertiary/aromatic N) is 2. The first-order valence-electron chi connectivity index (χ1n) is 4.99. The number of imidazole rings is 1. The lowest BCUT2D eigenvalue weighted by Gasteiger charge is -2.03. The van der Waals surface area contributed by atoms with Crippen molar-refractivity contribution in [1.82, 2.24) is 9.38 Å². The minimum absolute atomic E-state index is 0.697. The van der Waals surface area contributed by atoms with Crippen molar-refractivity contribution in [3.8, 4) is 0 Å². The second kappa shape index (κ2) is 2.50. The van der Waals surface area contributed by atoms with Crippen LogP contribution in [0.2, 0.25) is 0 Å². The fraction of sp³-hybridized carbons (Fsp3) is 0.364. The fourth-order valence-electron chi connectivity index (χ4n) is 1.96. The number of fused-ring (bicyclic) bond motifs is 1. The van der Waals surface area contributed by atoms with Crippen LogP contribution in [0.5, 0.6) is 0 Å². The van der Waals surface area contributed by atoms with Gasteiger partial charge >= 0.3 is 0 Å². The molecule has 0 spiro atoms. The minimum atomic E-state index is 0.697. The molecule has 2 N–H and O–H groups in total. The molecular weight excluding hydrogens is 174 g/mol. The van der Waals surface area contributed by atoms with E-state index in [2.05, 4.69) is 11.1 Å². The van der Waals surface area contributed by atoms with Gasteiger partial charge in [0, 0.05) is 23.6 Å². The molecule has 14 heavy (non-hydrogen) atoms. The highest BCUT2D eigenvalue weighted by molar-refractivity contribution is 5.58. The summed E-state index contributed by atoms with van der Waals surface area (Å²) in [6, 6.07) is 2.07. The maximum Gasteiger partial charge on any atom is 0.140 e. The summed E-state index contributed by atoms with van der Waals surface area (Å²) in [5, 5.41) is 0. The van der Waals surface area contributed by atoms with Crippen LogP contribution in [-0.4, -0.2) is 9.38 Å². The molecule has 1 aliphatic rings. The Morgan fingerprint density at radius 3 is 2.93 bits per heavy atom. The zero-order chi connectivity index (χ0) is 9.71. The van der Waals surface area contributed by atoms with Crippen molar-refractivity contribution in [3.05, 3.63) is 29.7 Å². The molecule has 3 heteroatoms. The van der Waals surface area contributed by atoms with Crippen molar-refractivity contribution in [2.75, 3.05) is 5.73 Å². The molecule has 1 saturated carbocycles. The predicted molar refractivity (Wildman–Crippen MR) is 56.3 cm³/mol. The van der Waals surface area contributed by atoms with Gasteiger partial charge in [-0.1, -0.05) is 0 Å². The molecule has 0 unspecified atom stereocenters. The number of hydrogen-bond acceptors (Lipinski definition) is 2. The standard InChI is InChI=1S/C11H13N3/c1-7-5-14-6-9(12)4-10(8-2-3-8)11(14)13-7/h4-6,8H,2-3,12H2,1H3. The van der Waals surface area contributed by atoms with E-state index in [9.17, 15) is 0 Å². The van der Waals surface area contributed by atoms with Crippen molar-refractivity contribution in [3.63, 3.8) is 0 Å². The van der Waals surface area contributed by atoms with Gasteiger partial charge in [-0.05, 0) is 31.7 Å². The second-order valence-corrected chi connectivity index (χ2v) is 4.12. The predicted octanol–water partition coefficient (Wildman–Crippen LogP) is 2.10. The first-order valence-corrected chi connectivity index (χ1v) is 4.99. The SMILES string of the molecule is Cc1cn2cc(N)cc(C3CC3)c2n1. The minimum Gasteiger partial charge on any atom is -0.398 e. The van der Waals surface area contributed by atoms with Crippen LogP contribution in [0, 0.1) is 6.92 Å². The zero-order valence-electron chi connectivity index (χ0n) is 8.20. The Morgan fingerprint density at radius 1 is 1.43 bits per heavy atom. The lowest BCUT2D eigenvalue weighted by Crippen LogP contribution is -1.94. The third-order valence-corrected chi connectivity index (χ3v) is 2.74. The van der Waals surface area contributed by atoms with E-state index >= 15 is 0 Å². The van der Waals surface area contributed by atoms with Gasteiger partial charge in [0.25, 0.3) is 0 Å². The van der Waals surface area contributed by atoms with Crippen LogP contribution in [0.4, 0.5) is 5.69 Å². The number of nitrogens with two attached hydrogens (primary N) is 1. The molecule has 2 heterocycles. The summed E-state index contributed by atoms with van der Waals surface area (Å²) in [4.78, 5) is 4.52. The molecule has 1 fully saturated rings. The highest BCUT2D eigenvalue weighted by Crippen LogP contribution is 2.42. The summed E-state index contributed by atoms with van der Waals surface area (Å²) in [5.74, 6) is 0.697. The van der Waals surface area contributed by atoms with Crippen LogP contribution in [0.1, 0.15) is 30.0 Å². The monoisotopic (exact) mass is 187 g/mol. The summed E-state index contributed by atoms with van der Waals surface area (Å²) in [5.41, 5.74) is 10.1. The lowest BCUT2D eigenvalue weighted by atomic mass is 10.1. The molecule has 0 bridgehead atoms. The Labute approximate surface area is 82.6 Å². The molecule has 0 aliphatic heterocycles. The molecule has 72 valence electrons. The van der Waals surface area contributed by atoms with Gasteiger partial charge in [0.15, 0.2) is 0 Å². The number of hydrogen-bond donors (Lipinski definition) is 1. The third-order valence-electron chi connectivity index (χ3n) is 2.74. The first kappa shape index (κ1) is 7.85. The van der Waals surface area contributed by atoms with E-state index in [0.29, 0.717) is 5.92 Å². The van der Waals surface area contributed by atoms with Crippen LogP contribution in [0.25, 0.3) is 5.65 Å². The number of aromatic nitrogens is 2. The lowest BCUT2D eigenvalue weighted by molar-refractivity contribution is 1.08. The van der Waals surface area contributed by atoms with E-state index in [1.165, 1.54) is 18.4 Å². The van der Waals surface area contributed by atoms with Gasteiger partial charge in [0.2, 0.25) is 0 Å². The summed E-state index contributed by atoms with van der Waals surface area (Å²) in [7, 11) is 0. The molecule has 0 radical (unpaired) electrons. The number of anilines is 1. The topological polar surface area (TPSA) is 43.3 Å². The molecule has 0 atom stereocenters. The highest BCUT2D eigenvalue weighted by Gasteiger charge is 2.26. The van der Waals surface area contributed by atoms with Crippen LogP contribution < -0.4 is 5.73 Å². The Hall–Kier alpha value is -1.51. The normalized spacial score (nSPS) is 16.4. The van der Waals surface area contributed by atoms with Crippen LogP contribution >= 0.6 is 0 Å². The van der Waals surface area contributed by atoms with Gasteiger partial charge in [0.05, 0.1) is 5.69 Å². The van der Waals surface area contributed by atoms with E-state index in [4.69, 9.17) is 5.73 Å². The van der Waals surface area contributed by atoms with Gasteiger partial charge in [-0.3, -0.25) is 0 Å². The molecular formula is C11H13N3. The van der Waals surface area contributed by atoms with Crippen molar-refractivity contribution >= 4 is 11.3 Å². The number of aryl methyl sites for hydroxylation is 1. The summed E-state index contributed by atoms with van der Waals surface area (Å²) < 4.78 is 2.04. The molecule has 1 aliphatic carbocycles. The van der Waals surface area contributed by atoms with E-state index in [1.54, 1.807) is 0 Å². The molecule has 0 aromatic carbocycles. The van der Waals surface area contributed by atoms with E-state index < -0.39 is 0 Å². The van der Waals surface area contributed by atoms with Gasteiger partial charge < -0.3 is 10.1 Å². The van der Waals surface area contributed by atoms with Crippen molar-refractivity contribution in [2.24, 2.45) is 0 Å². The summed E-state index contributed by atoms with van der Waals surface area (Å²) in [6.07, 6.45) is 6.52. The fourth-order valence-corrected chi connectivity index (χ4v) is 1.96. The van der Waals surface area contributed by atoms with Crippen LogP contribution in [-0.2, 0) is 0 Å². The summed E-state index contributed by atoms with van der Waals surface area (Å²) >= 11 is 0. The maximum atomic E-state index is 5.85. The average Bonchev–Trinajstić information content (AvgIpc) is 2.87. The highest BCUT2D eigenvalue weighted by atomic mass is 15.0. The zero-order valence-corrected chi connectivity index (χ0v) is 8.20. The van der Waals surface area contributed by atoms with Gasteiger partial charge in [-0.2, -0.15) is 0 Å². The van der Waals surface area contributed by atoms with E-state index in [0.717, 1.165) is 17.0 Å². The van der Waals surface area contributed by atoms with Gasteiger partial charge in [-0.25, -0.2) is 4.98 Å². The Bertz CT molecular complexity index is 494. The number of nitrogen functional groups attached to an aromatic ring is 1.